The lowest BCUT2D eigenvalue weighted by atomic mass is 9.46. The topological polar surface area (TPSA) is 73.2 Å². The van der Waals surface area contributed by atoms with E-state index in [9.17, 15) is 10.2 Å². The second kappa shape index (κ2) is 6.39. The van der Waals surface area contributed by atoms with Crippen LogP contribution in [0.2, 0.25) is 0 Å². The quantitative estimate of drug-likeness (QED) is 0.532. The third-order valence-corrected chi connectivity index (χ3v) is 7.48. The molecule has 0 aromatic rings. The standard InChI is InChI=1S/C20H34O4/c1-18(2)8-4-9-19(3)16(18)7-10-20(13-24-20)17(19)6-5-14(11-21)15(23)12-22/h5,15-17,21-23H,4,6-13H2,1-3H3/b14-5-/t15-,16-,17+,19-,20-/m0/s1. The van der Waals surface area contributed by atoms with E-state index < -0.39 is 6.10 Å². The van der Waals surface area contributed by atoms with Crippen molar-refractivity contribution >= 4 is 0 Å². The number of epoxide rings is 1. The number of aliphatic hydroxyl groups is 3. The number of hydrogen-bond acceptors (Lipinski definition) is 4. The van der Waals surface area contributed by atoms with Crippen molar-refractivity contribution in [3.8, 4) is 0 Å². The molecule has 0 unspecified atom stereocenters. The summed E-state index contributed by atoms with van der Waals surface area (Å²) in [4.78, 5) is 0. The van der Waals surface area contributed by atoms with Crippen LogP contribution < -0.4 is 0 Å². The van der Waals surface area contributed by atoms with Crippen molar-refractivity contribution in [1.29, 1.82) is 0 Å². The van der Waals surface area contributed by atoms with Crippen molar-refractivity contribution in [3.05, 3.63) is 11.6 Å². The molecule has 0 bridgehead atoms. The van der Waals surface area contributed by atoms with E-state index in [0.717, 1.165) is 19.4 Å². The lowest BCUT2D eigenvalue weighted by Gasteiger charge is -2.59. The Morgan fingerprint density at radius 1 is 1.21 bits per heavy atom. The fraction of sp³-hybridized carbons (Fsp3) is 0.900. The molecule has 1 saturated heterocycles. The van der Waals surface area contributed by atoms with E-state index in [-0.39, 0.29) is 24.2 Å². The molecule has 3 aliphatic rings. The van der Waals surface area contributed by atoms with E-state index in [2.05, 4.69) is 20.8 Å². The lowest BCUT2D eigenvalue weighted by molar-refractivity contribution is -0.104. The van der Waals surface area contributed by atoms with E-state index in [4.69, 9.17) is 9.84 Å². The minimum Gasteiger partial charge on any atom is -0.393 e. The Hall–Kier alpha value is -0.420. The smallest absolute Gasteiger partial charge is 0.100 e. The summed E-state index contributed by atoms with van der Waals surface area (Å²) in [5.41, 5.74) is 1.17. The molecule has 4 heteroatoms. The highest BCUT2D eigenvalue weighted by molar-refractivity contribution is 5.17. The number of rotatable bonds is 5. The zero-order chi connectivity index (χ0) is 17.6. The van der Waals surface area contributed by atoms with E-state index in [1.165, 1.54) is 25.7 Å². The Morgan fingerprint density at radius 2 is 1.92 bits per heavy atom. The van der Waals surface area contributed by atoms with Gasteiger partial charge in [-0.15, -0.1) is 0 Å². The number of allylic oxidation sites excluding steroid dienone is 1. The van der Waals surface area contributed by atoms with Crippen molar-refractivity contribution in [2.45, 2.75) is 71.0 Å². The molecular formula is C20H34O4. The molecule has 138 valence electrons. The molecule has 3 N–H and O–H groups in total. The van der Waals surface area contributed by atoms with Crippen LogP contribution in [0, 0.1) is 22.7 Å². The van der Waals surface area contributed by atoms with Gasteiger partial charge < -0.3 is 20.1 Å². The maximum Gasteiger partial charge on any atom is 0.100 e. The van der Waals surface area contributed by atoms with Crippen LogP contribution in [0.5, 0.6) is 0 Å². The second-order valence-electron chi connectivity index (χ2n) is 9.22. The average Bonchev–Trinajstić information content (AvgIpc) is 3.29. The van der Waals surface area contributed by atoms with Crippen molar-refractivity contribution in [2.75, 3.05) is 19.8 Å². The molecule has 2 aliphatic carbocycles. The van der Waals surface area contributed by atoms with Crippen LogP contribution >= 0.6 is 0 Å². The zero-order valence-electron chi connectivity index (χ0n) is 15.4. The number of aliphatic hydroxyl groups excluding tert-OH is 3. The van der Waals surface area contributed by atoms with Gasteiger partial charge in [-0.2, -0.15) is 0 Å². The van der Waals surface area contributed by atoms with Crippen LogP contribution in [0.15, 0.2) is 11.6 Å². The van der Waals surface area contributed by atoms with Crippen molar-refractivity contribution in [3.63, 3.8) is 0 Å². The van der Waals surface area contributed by atoms with Crippen molar-refractivity contribution < 1.29 is 20.1 Å². The Morgan fingerprint density at radius 3 is 2.50 bits per heavy atom. The molecule has 3 fully saturated rings. The fourth-order valence-electron chi connectivity index (χ4n) is 6.08. The van der Waals surface area contributed by atoms with Gasteiger partial charge in [0.2, 0.25) is 0 Å². The minimum atomic E-state index is -0.957. The Balaban J connectivity index is 1.87. The molecule has 1 spiro atoms. The first-order valence-corrected chi connectivity index (χ1v) is 9.52. The summed E-state index contributed by atoms with van der Waals surface area (Å²) in [6, 6.07) is 0. The molecule has 0 radical (unpaired) electrons. The molecule has 1 aliphatic heterocycles. The van der Waals surface area contributed by atoms with Gasteiger partial charge in [0.05, 0.1) is 25.4 Å². The molecule has 0 aromatic carbocycles. The van der Waals surface area contributed by atoms with Gasteiger partial charge in [-0.3, -0.25) is 0 Å². The first-order valence-electron chi connectivity index (χ1n) is 9.52. The van der Waals surface area contributed by atoms with Gasteiger partial charge in [0, 0.05) is 0 Å². The van der Waals surface area contributed by atoms with E-state index >= 15 is 0 Å². The van der Waals surface area contributed by atoms with Crippen molar-refractivity contribution in [2.24, 2.45) is 22.7 Å². The third-order valence-electron chi connectivity index (χ3n) is 7.48. The Labute approximate surface area is 145 Å². The predicted molar refractivity (Wildman–Crippen MR) is 93.5 cm³/mol. The highest BCUT2D eigenvalue weighted by Gasteiger charge is 2.64. The van der Waals surface area contributed by atoms with Crippen LogP contribution in [0.3, 0.4) is 0 Å². The number of ether oxygens (including phenoxy) is 1. The van der Waals surface area contributed by atoms with E-state index in [1.807, 2.05) is 6.08 Å². The molecule has 2 saturated carbocycles. The van der Waals surface area contributed by atoms with Gasteiger partial charge >= 0.3 is 0 Å². The highest BCUT2D eigenvalue weighted by Crippen LogP contribution is 2.66. The van der Waals surface area contributed by atoms with Crippen LogP contribution in [-0.2, 0) is 4.74 Å². The second-order valence-corrected chi connectivity index (χ2v) is 9.22. The Bertz CT molecular complexity index is 494. The van der Waals surface area contributed by atoms with E-state index in [1.54, 1.807) is 0 Å². The maximum absolute atomic E-state index is 9.86. The van der Waals surface area contributed by atoms with E-state index in [0.29, 0.717) is 22.8 Å². The first-order chi connectivity index (χ1) is 11.3. The monoisotopic (exact) mass is 338 g/mol. The van der Waals surface area contributed by atoms with Gasteiger partial charge in [0.1, 0.15) is 6.10 Å². The van der Waals surface area contributed by atoms with Gasteiger partial charge in [0.15, 0.2) is 0 Å². The summed E-state index contributed by atoms with van der Waals surface area (Å²) in [5.74, 6) is 1.13. The highest BCUT2D eigenvalue weighted by atomic mass is 16.6. The van der Waals surface area contributed by atoms with Crippen molar-refractivity contribution in [1.82, 2.24) is 0 Å². The first kappa shape index (κ1) is 18.4. The maximum atomic E-state index is 9.86. The molecule has 1 heterocycles. The van der Waals surface area contributed by atoms with Gasteiger partial charge in [-0.05, 0) is 60.3 Å². The van der Waals surface area contributed by atoms with Crippen LogP contribution in [0.4, 0.5) is 0 Å². The van der Waals surface area contributed by atoms with Gasteiger partial charge in [0.25, 0.3) is 0 Å². The summed E-state index contributed by atoms with van der Waals surface area (Å²) in [7, 11) is 0. The lowest BCUT2D eigenvalue weighted by Crippen LogP contribution is -2.54. The number of fused-ring (bicyclic) bond motifs is 1. The summed E-state index contributed by atoms with van der Waals surface area (Å²) < 4.78 is 5.98. The summed E-state index contributed by atoms with van der Waals surface area (Å²) in [6.45, 7) is 7.59. The van der Waals surface area contributed by atoms with Gasteiger partial charge in [-0.1, -0.05) is 33.3 Å². The predicted octanol–water partition coefficient (Wildman–Crippen LogP) is 2.66. The molecule has 5 atom stereocenters. The van der Waals surface area contributed by atoms with Gasteiger partial charge in [-0.25, -0.2) is 0 Å². The minimum absolute atomic E-state index is 0.0138. The normalized spacial score (nSPS) is 42.7. The summed E-state index contributed by atoms with van der Waals surface area (Å²) >= 11 is 0. The molecule has 24 heavy (non-hydrogen) atoms. The fourth-order valence-corrected chi connectivity index (χ4v) is 6.08. The molecule has 0 amide bonds. The molecule has 0 aromatic heterocycles. The SMILES string of the molecule is CC1(C)CCC[C@@]2(C)[C@H]1CC[C@]1(CO1)[C@@H]2C/C=C(/CO)[C@@H](O)CO. The molecule has 4 nitrogen and oxygen atoms in total. The van der Waals surface area contributed by atoms with Crippen LogP contribution in [-0.4, -0.2) is 46.8 Å². The van der Waals surface area contributed by atoms with Crippen LogP contribution in [0.25, 0.3) is 0 Å². The average molecular weight is 338 g/mol. The number of hydrogen-bond donors (Lipinski definition) is 3. The zero-order valence-corrected chi connectivity index (χ0v) is 15.4. The Kier molecular flexibility index (Phi) is 4.89. The van der Waals surface area contributed by atoms with Crippen LogP contribution in [0.1, 0.15) is 59.3 Å². The third kappa shape index (κ3) is 2.96. The molecule has 3 rings (SSSR count). The summed E-state index contributed by atoms with van der Waals surface area (Å²) in [5, 5.41) is 28.5. The molecular weight excluding hydrogens is 304 g/mol. The summed E-state index contributed by atoms with van der Waals surface area (Å²) in [6.07, 6.45) is 8.00. The largest absolute Gasteiger partial charge is 0.393 e.